The van der Waals surface area contributed by atoms with Crippen molar-refractivity contribution in [3.8, 4) is 5.69 Å². The molecule has 2 heterocycles. The number of nitrogens with zero attached hydrogens (tertiary/aromatic N) is 5. The standard InChI is InChI=1S/C14H20N6/c1-12(11-19-9-5-6-10-19)15-14-16-17-18-20(14)13-7-3-2-4-8-13/h2-4,7-8,12H,5-6,9-11H2,1H3,(H,15,16,18). The van der Waals surface area contributed by atoms with Crippen LogP contribution in [0.1, 0.15) is 19.8 Å². The Hall–Kier alpha value is -1.95. The first-order chi connectivity index (χ1) is 9.83. The van der Waals surface area contributed by atoms with Gasteiger partial charge in [-0.1, -0.05) is 23.3 Å². The van der Waals surface area contributed by atoms with E-state index in [-0.39, 0.29) is 0 Å². The molecule has 1 aromatic carbocycles. The Labute approximate surface area is 118 Å². The second-order valence-electron chi connectivity index (χ2n) is 5.30. The van der Waals surface area contributed by atoms with Gasteiger partial charge in [0.05, 0.1) is 5.69 Å². The number of anilines is 1. The number of likely N-dealkylation sites (tertiary alicyclic amines) is 1. The summed E-state index contributed by atoms with van der Waals surface area (Å²) in [4.78, 5) is 2.48. The molecule has 0 bridgehead atoms. The van der Waals surface area contributed by atoms with Crippen LogP contribution in [0.5, 0.6) is 0 Å². The smallest absolute Gasteiger partial charge is 0.248 e. The molecule has 3 rings (SSSR count). The van der Waals surface area contributed by atoms with Crippen molar-refractivity contribution >= 4 is 5.95 Å². The van der Waals surface area contributed by atoms with Gasteiger partial charge in [-0.05, 0) is 55.4 Å². The second-order valence-corrected chi connectivity index (χ2v) is 5.30. The summed E-state index contributed by atoms with van der Waals surface area (Å²) in [6.07, 6.45) is 2.63. The maximum atomic E-state index is 4.08. The van der Waals surface area contributed by atoms with Crippen molar-refractivity contribution in [2.24, 2.45) is 0 Å². The number of para-hydroxylation sites is 1. The molecule has 0 radical (unpaired) electrons. The average Bonchev–Trinajstić information content (AvgIpc) is 3.11. The van der Waals surface area contributed by atoms with Gasteiger partial charge < -0.3 is 10.2 Å². The lowest BCUT2D eigenvalue weighted by Crippen LogP contribution is -2.33. The predicted molar refractivity (Wildman–Crippen MR) is 77.9 cm³/mol. The second kappa shape index (κ2) is 6.00. The quantitative estimate of drug-likeness (QED) is 0.895. The van der Waals surface area contributed by atoms with Crippen LogP contribution in [0.15, 0.2) is 30.3 Å². The molecule has 20 heavy (non-hydrogen) atoms. The van der Waals surface area contributed by atoms with Gasteiger partial charge in [0, 0.05) is 12.6 Å². The molecular weight excluding hydrogens is 252 g/mol. The van der Waals surface area contributed by atoms with Gasteiger partial charge in [-0.15, -0.1) is 0 Å². The van der Waals surface area contributed by atoms with Crippen molar-refractivity contribution in [2.75, 3.05) is 25.0 Å². The first-order valence-electron chi connectivity index (χ1n) is 7.15. The van der Waals surface area contributed by atoms with Gasteiger partial charge in [0.15, 0.2) is 0 Å². The molecule has 0 aliphatic carbocycles. The summed E-state index contributed by atoms with van der Waals surface area (Å²) in [6.45, 7) is 5.61. The van der Waals surface area contributed by atoms with Gasteiger partial charge in [0.1, 0.15) is 0 Å². The van der Waals surface area contributed by atoms with Crippen LogP contribution >= 0.6 is 0 Å². The van der Waals surface area contributed by atoms with Crippen molar-refractivity contribution in [3.63, 3.8) is 0 Å². The Balaban J connectivity index is 1.67. The number of rotatable bonds is 5. The maximum Gasteiger partial charge on any atom is 0.248 e. The number of nitrogens with one attached hydrogen (secondary N) is 1. The van der Waals surface area contributed by atoms with Crippen LogP contribution < -0.4 is 5.32 Å². The van der Waals surface area contributed by atoms with E-state index in [1.807, 2.05) is 30.3 Å². The van der Waals surface area contributed by atoms with Gasteiger partial charge >= 0.3 is 0 Å². The molecule has 106 valence electrons. The fraction of sp³-hybridized carbons (Fsp3) is 0.500. The summed E-state index contributed by atoms with van der Waals surface area (Å²) in [7, 11) is 0. The van der Waals surface area contributed by atoms with E-state index in [1.165, 1.54) is 25.9 Å². The minimum Gasteiger partial charge on any atom is -0.349 e. The Morgan fingerprint density at radius 1 is 1.20 bits per heavy atom. The van der Waals surface area contributed by atoms with Crippen molar-refractivity contribution < 1.29 is 0 Å². The highest BCUT2D eigenvalue weighted by molar-refractivity contribution is 5.38. The van der Waals surface area contributed by atoms with Gasteiger partial charge in [-0.2, -0.15) is 4.68 Å². The number of hydrogen-bond donors (Lipinski definition) is 1. The van der Waals surface area contributed by atoms with Crippen LogP contribution in [0.3, 0.4) is 0 Å². The third-order valence-electron chi connectivity index (χ3n) is 3.58. The van der Waals surface area contributed by atoms with E-state index in [1.54, 1.807) is 4.68 Å². The molecule has 1 aliphatic heterocycles. The molecule has 0 spiro atoms. The van der Waals surface area contributed by atoms with E-state index in [4.69, 9.17) is 0 Å². The fourth-order valence-electron chi connectivity index (χ4n) is 2.64. The van der Waals surface area contributed by atoms with E-state index < -0.39 is 0 Å². The molecule has 1 aliphatic rings. The van der Waals surface area contributed by atoms with Crippen LogP contribution in [-0.2, 0) is 0 Å². The van der Waals surface area contributed by atoms with Gasteiger partial charge in [0.2, 0.25) is 5.95 Å². The largest absolute Gasteiger partial charge is 0.349 e. The van der Waals surface area contributed by atoms with Crippen molar-refractivity contribution in [2.45, 2.75) is 25.8 Å². The first kappa shape index (κ1) is 13.1. The van der Waals surface area contributed by atoms with E-state index in [9.17, 15) is 0 Å². The van der Waals surface area contributed by atoms with Gasteiger partial charge in [0.25, 0.3) is 0 Å². The van der Waals surface area contributed by atoms with Crippen LogP contribution in [0.25, 0.3) is 5.69 Å². The molecular formula is C14H20N6. The Morgan fingerprint density at radius 2 is 1.95 bits per heavy atom. The molecule has 1 aromatic heterocycles. The lowest BCUT2D eigenvalue weighted by molar-refractivity contribution is 0.327. The van der Waals surface area contributed by atoms with Crippen molar-refractivity contribution in [3.05, 3.63) is 30.3 Å². The molecule has 0 amide bonds. The number of aromatic nitrogens is 4. The molecule has 0 saturated carbocycles. The summed E-state index contributed by atoms with van der Waals surface area (Å²) < 4.78 is 1.74. The summed E-state index contributed by atoms with van der Waals surface area (Å²) >= 11 is 0. The van der Waals surface area contributed by atoms with E-state index in [0.717, 1.165) is 12.2 Å². The number of hydrogen-bond acceptors (Lipinski definition) is 5. The monoisotopic (exact) mass is 272 g/mol. The lowest BCUT2D eigenvalue weighted by Gasteiger charge is -2.21. The maximum absolute atomic E-state index is 4.08. The fourth-order valence-corrected chi connectivity index (χ4v) is 2.64. The highest BCUT2D eigenvalue weighted by atomic mass is 15.6. The lowest BCUT2D eigenvalue weighted by atomic mass is 10.3. The zero-order valence-corrected chi connectivity index (χ0v) is 11.7. The van der Waals surface area contributed by atoms with Crippen molar-refractivity contribution in [1.82, 2.24) is 25.1 Å². The van der Waals surface area contributed by atoms with Crippen molar-refractivity contribution in [1.29, 1.82) is 0 Å². The summed E-state index contributed by atoms with van der Waals surface area (Å²) in [5, 5.41) is 15.3. The van der Waals surface area contributed by atoms with Gasteiger partial charge in [-0.3, -0.25) is 0 Å². The van der Waals surface area contributed by atoms with Crippen LogP contribution in [0, 0.1) is 0 Å². The minimum atomic E-state index is 0.321. The first-order valence-corrected chi connectivity index (χ1v) is 7.15. The Kier molecular flexibility index (Phi) is 3.92. The zero-order valence-electron chi connectivity index (χ0n) is 11.7. The van der Waals surface area contributed by atoms with E-state index in [2.05, 4.69) is 32.7 Å². The number of benzene rings is 1. The average molecular weight is 272 g/mol. The summed E-state index contributed by atoms with van der Waals surface area (Å²) in [5.74, 6) is 0.697. The Bertz CT molecular complexity index is 532. The SMILES string of the molecule is CC(CN1CCCC1)Nc1nnnn1-c1ccccc1. The minimum absolute atomic E-state index is 0.321. The van der Waals surface area contributed by atoms with Gasteiger partial charge in [-0.25, -0.2) is 0 Å². The molecule has 1 fully saturated rings. The predicted octanol–water partition coefficient (Wildman–Crippen LogP) is 1.56. The van der Waals surface area contributed by atoms with Crippen LogP contribution in [-0.4, -0.2) is 50.8 Å². The highest BCUT2D eigenvalue weighted by Crippen LogP contribution is 2.13. The molecule has 1 unspecified atom stereocenters. The third kappa shape index (κ3) is 2.96. The molecule has 6 nitrogen and oxygen atoms in total. The zero-order chi connectivity index (χ0) is 13.8. The molecule has 6 heteroatoms. The molecule has 1 N–H and O–H groups in total. The van der Waals surface area contributed by atoms with E-state index >= 15 is 0 Å². The Morgan fingerprint density at radius 3 is 2.70 bits per heavy atom. The summed E-state index contributed by atoms with van der Waals surface area (Å²) in [6, 6.07) is 10.3. The van der Waals surface area contributed by atoms with E-state index in [0.29, 0.717) is 12.0 Å². The topological polar surface area (TPSA) is 58.9 Å². The molecule has 2 aromatic rings. The summed E-state index contributed by atoms with van der Waals surface area (Å²) in [5.41, 5.74) is 0.966. The van der Waals surface area contributed by atoms with Crippen LogP contribution in [0.4, 0.5) is 5.95 Å². The normalized spacial score (nSPS) is 17.2. The highest BCUT2D eigenvalue weighted by Gasteiger charge is 2.16. The van der Waals surface area contributed by atoms with Crippen LogP contribution in [0.2, 0.25) is 0 Å². The molecule has 1 saturated heterocycles. The number of tetrazole rings is 1. The molecule has 1 atom stereocenters. The third-order valence-corrected chi connectivity index (χ3v) is 3.58.